The summed E-state index contributed by atoms with van der Waals surface area (Å²) < 4.78 is 11.5. The fraction of sp³-hybridized carbons (Fsp3) is 0.0526. The van der Waals surface area contributed by atoms with E-state index in [9.17, 15) is 0 Å². The Balaban J connectivity index is 1.89. The van der Waals surface area contributed by atoms with Gasteiger partial charge in [0.1, 0.15) is 11.5 Å². The van der Waals surface area contributed by atoms with E-state index in [2.05, 4.69) is 9.98 Å². The molecule has 0 amide bonds. The van der Waals surface area contributed by atoms with Gasteiger partial charge in [-0.25, -0.2) is 4.98 Å². The number of ether oxygens (including phenoxy) is 2. The van der Waals surface area contributed by atoms with Crippen molar-refractivity contribution in [3.05, 3.63) is 84.6 Å². The Morgan fingerprint density at radius 2 is 1.39 bits per heavy atom. The van der Waals surface area contributed by atoms with Gasteiger partial charge in [0.05, 0.1) is 0 Å². The molecule has 0 bridgehead atoms. The monoisotopic (exact) mass is 304 g/mol. The zero-order valence-electron chi connectivity index (χ0n) is 12.7. The normalized spacial score (nSPS) is 9.96. The Kier molecular flexibility index (Phi) is 4.64. The van der Waals surface area contributed by atoms with Gasteiger partial charge in [-0.15, -0.1) is 0 Å². The zero-order valence-corrected chi connectivity index (χ0v) is 12.7. The standard InChI is InChI=1S/C19H16N2O2/c1-15-12-13-20-18(14-15)21-19(22-16-8-4-2-5-9-16)23-17-10-6-3-7-11-17/h2-14H,1H3. The third-order valence-corrected chi connectivity index (χ3v) is 3.00. The molecule has 0 N–H and O–H groups in total. The summed E-state index contributed by atoms with van der Waals surface area (Å²) in [5.41, 5.74) is 1.07. The highest BCUT2D eigenvalue weighted by Crippen LogP contribution is 2.16. The molecule has 0 atom stereocenters. The summed E-state index contributed by atoms with van der Waals surface area (Å²) in [6, 6.07) is 22.5. The first-order valence-corrected chi connectivity index (χ1v) is 7.27. The van der Waals surface area contributed by atoms with Crippen LogP contribution < -0.4 is 9.47 Å². The first kappa shape index (κ1) is 14.8. The van der Waals surface area contributed by atoms with Crippen molar-refractivity contribution in [2.45, 2.75) is 6.92 Å². The molecule has 0 saturated heterocycles. The number of hydrogen-bond donors (Lipinski definition) is 0. The first-order chi connectivity index (χ1) is 11.3. The van der Waals surface area contributed by atoms with E-state index in [1.165, 1.54) is 0 Å². The molecule has 3 aromatic rings. The molecule has 114 valence electrons. The van der Waals surface area contributed by atoms with Crippen molar-refractivity contribution in [3.63, 3.8) is 0 Å². The lowest BCUT2D eigenvalue weighted by Crippen LogP contribution is -2.16. The number of pyridine rings is 1. The van der Waals surface area contributed by atoms with Gasteiger partial charge in [0.25, 0.3) is 0 Å². The van der Waals surface area contributed by atoms with Gasteiger partial charge in [0.15, 0.2) is 5.82 Å². The molecule has 3 rings (SSSR count). The number of aromatic nitrogens is 1. The van der Waals surface area contributed by atoms with Gasteiger partial charge in [-0.1, -0.05) is 36.4 Å². The topological polar surface area (TPSA) is 43.7 Å². The fourth-order valence-corrected chi connectivity index (χ4v) is 1.92. The summed E-state index contributed by atoms with van der Waals surface area (Å²) >= 11 is 0. The molecular weight excluding hydrogens is 288 g/mol. The summed E-state index contributed by atoms with van der Waals surface area (Å²) in [4.78, 5) is 8.59. The lowest BCUT2D eigenvalue weighted by atomic mass is 10.3. The van der Waals surface area contributed by atoms with Crippen LogP contribution in [-0.2, 0) is 0 Å². The lowest BCUT2D eigenvalue weighted by Gasteiger charge is -2.09. The molecular formula is C19H16N2O2. The van der Waals surface area contributed by atoms with Crippen molar-refractivity contribution in [1.82, 2.24) is 4.98 Å². The molecule has 1 heterocycles. The maximum atomic E-state index is 5.75. The van der Waals surface area contributed by atoms with E-state index >= 15 is 0 Å². The number of nitrogens with zero attached hydrogens (tertiary/aromatic N) is 2. The smallest absolute Gasteiger partial charge is 0.401 e. The molecule has 0 aliphatic rings. The molecule has 2 aromatic carbocycles. The van der Waals surface area contributed by atoms with Gasteiger partial charge in [-0.2, -0.15) is 4.99 Å². The van der Waals surface area contributed by atoms with Crippen molar-refractivity contribution in [3.8, 4) is 11.5 Å². The molecule has 0 fully saturated rings. The Morgan fingerprint density at radius 3 is 1.91 bits per heavy atom. The Bertz CT molecular complexity index is 743. The number of benzene rings is 2. The first-order valence-electron chi connectivity index (χ1n) is 7.27. The van der Waals surface area contributed by atoms with E-state index in [1.807, 2.05) is 79.7 Å². The highest BCUT2D eigenvalue weighted by molar-refractivity contribution is 5.75. The van der Waals surface area contributed by atoms with Gasteiger partial charge in [-0.3, -0.25) is 0 Å². The van der Waals surface area contributed by atoms with Crippen LogP contribution in [0.2, 0.25) is 0 Å². The molecule has 1 aromatic heterocycles. The van der Waals surface area contributed by atoms with E-state index in [-0.39, 0.29) is 6.08 Å². The number of rotatable bonds is 3. The van der Waals surface area contributed by atoms with Crippen molar-refractivity contribution in [2.24, 2.45) is 4.99 Å². The zero-order chi connectivity index (χ0) is 15.9. The summed E-state index contributed by atoms with van der Waals surface area (Å²) in [6.07, 6.45) is 1.83. The summed E-state index contributed by atoms with van der Waals surface area (Å²) in [5, 5.41) is 0. The average Bonchev–Trinajstić information content (AvgIpc) is 2.57. The summed E-state index contributed by atoms with van der Waals surface area (Å²) in [5.74, 6) is 1.83. The van der Waals surface area contributed by atoms with Crippen LogP contribution in [0.4, 0.5) is 5.82 Å². The molecule has 4 heteroatoms. The van der Waals surface area contributed by atoms with E-state index in [0.717, 1.165) is 5.56 Å². The van der Waals surface area contributed by atoms with Crippen molar-refractivity contribution >= 4 is 11.9 Å². The van der Waals surface area contributed by atoms with E-state index < -0.39 is 0 Å². The highest BCUT2D eigenvalue weighted by atomic mass is 16.7. The third kappa shape index (κ3) is 4.41. The number of para-hydroxylation sites is 2. The predicted molar refractivity (Wildman–Crippen MR) is 90.2 cm³/mol. The van der Waals surface area contributed by atoms with Crippen LogP contribution in [0.15, 0.2) is 84.0 Å². The van der Waals surface area contributed by atoms with Crippen LogP contribution in [0.5, 0.6) is 11.5 Å². The molecule has 0 saturated carbocycles. The van der Waals surface area contributed by atoms with Crippen molar-refractivity contribution in [1.29, 1.82) is 0 Å². The van der Waals surface area contributed by atoms with Crippen molar-refractivity contribution < 1.29 is 9.47 Å². The second-order valence-corrected chi connectivity index (χ2v) is 4.90. The second-order valence-electron chi connectivity index (χ2n) is 4.90. The van der Waals surface area contributed by atoms with Crippen LogP contribution in [0.1, 0.15) is 5.56 Å². The van der Waals surface area contributed by atoms with Crippen LogP contribution in [-0.4, -0.2) is 11.1 Å². The van der Waals surface area contributed by atoms with Gasteiger partial charge >= 0.3 is 6.08 Å². The maximum absolute atomic E-state index is 5.75. The predicted octanol–water partition coefficient (Wildman–Crippen LogP) is 4.54. The lowest BCUT2D eigenvalue weighted by molar-refractivity contribution is 0.385. The SMILES string of the molecule is Cc1ccnc(N=C(Oc2ccccc2)Oc2ccccc2)c1. The summed E-state index contributed by atoms with van der Waals surface area (Å²) in [6.45, 7) is 1.98. The van der Waals surface area contributed by atoms with Gasteiger partial charge in [-0.05, 0) is 48.9 Å². The van der Waals surface area contributed by atoms with Crippen LogP contribution in [0.3, 0.4) is 0 Å². The highest BCUT2D eigenvalue weighted by Gasteiger charge is 2.07. The van der Waals surface area contributed by atoms with Gasteiger partial charge in [0, 0.05) is 6.20 Å². The Labute approximate surface area is 135 Å². The number of hydrogen-bond acceptors (Lipinski definition) is 4. The van der Waals surface area contributed by atoms with Crippen LogP contribution in [0, 0.1) is 6.92 Å². The molecule has 4 nitrogen and oxygen atoms in total. The van der Waals surface area contributed by atoms with Gasteiger partial charge in [0.2, 0.25) is 0 Å². The minimum atomic E-state index is 0.125. The van der Waals surface area contributed by atoms with E-state index in [4.69, 9.17) is 9.47 Å². The fourth-order valence-electron chi connectivity index (χ4n) is 1.92. The quantitative estimate of drug-likeness (QED) is 0.527. The molecule has 0 spiro atoms. The van der Waals surface area contributed by atoms with Crippen LogP contribution in [0.25, 0.3) is 0 Å². The molecule has 0 unspecified atom stereocenters. The third-order valence-electron chi connectivity index (χ3n) is 3.00. The van der Waals surface area contributed by atoms with Crippen LogP contribution >= 0.6 is 0 Å². The molecule has 0 aliphatic heterocycles. The minimum Gasteiger partial charge on any atom is -0.411 e. The Hall–Kier alpha value is -3.14. The molecule has 0 radical (unpaired) electrons. The minimum absolute atomic E-state index is 0.125. The average molecular weight is 304 g/mol. The summed E-state index contributed by atoms with van der Waals surface area (Å²) in [7, 11) is 0. The van der Waals surface area contributed by atoms with Crippen molar-refractivity contribution in [2.75, 3.05) is 0 Å². The largest absolute Gasteiger partial charge is 0.411 e. The molecule has 0 aliphatic carbocycles. The number of aliphatic imine (C=N–C) groups is 1. The number of aryl methyl sites for hydroxylation is 1. The molecule has 23 heavy (non-hydrogen) atoms. The van der Waals surface area contributed by atoms with E-state index in [0.29, 0.717) is 17.3 Å². The Morgan fingerprint density at radius 1 is 0.826 bits per heavy atom. The van der Waals surface area contributed by atoms with Gasteiger partial charge < -0.3 is 9.47 Å². The maximum Gasteiger partial charge on any atom is 0.401 e. The van der Waals surface area contributed by atoms with E-state index in [1.54, 1.807) is 6.20 Å². The second kappa shape index (κ2) is 7.22.